The highest BCUT2D eigenvalue weighted by Gasteiger charge is 2.38. The molecule has 9 heteroatoms. The third-order valence-corrected chi connectivity index (χ3v) is 5.92. The standard InChI is InChI=1S/C21H22F3N5O/c1-13-9-10-28(11-13)17-12-30-18-8-3-2-5-14(18)19(17)25-15-6-4-7-16-20(15)27-29(26-16)21(22,23)24/h2-8,13,17,19,25H,9-12H2,1H3/t13-,17-,19-/m0/s1. The summed E-state index contributed by atoms with van der Waals surface area (Å²) in [7, 11) is 0. The molecule has 1 aromatic heterocycles. The van der Waals surface area contributed by atoms with E-state index in [1.165, 1.54) is 6.07 Å². The molecule has 1 N–H and O–H groups in total. The molecule has 6 nitrogen and oxygen atoms in total. The maximum absolute atomic E-state index is 13.1. The summed E-state index contributed by atoms with van der Waals surface area (Å²) in [6.45, 7) is 4.70. The number of nitrogens with one attached hydrogen (secondary N) is 1. The van der Waals surface area contributed by atoms with Crippen molar-refractivity contribution < 1.29 is 17.9 Å². The Balaban J connectivity index is 1.54. The van der Waals surface area contributed by atoms with Gasteiger partial charge in [0.15, 0.2) is 0 Å². The van der Waals surface area contributed by atoms with Crippen LogP contribution >= 0.6 is 0 Å². The zero-order valence-electron chi connectivity index (χ0n) is 16.4. The monoisotopic (exact) mass is 417 g/mol. The first-order valence-corrected chi connectivity index (χ1v) is 10.1. The lowest BCUT2D eigenvalue weighted by Crippen LogP contribution is -2.47. The van der Waals surface area contributed by atoms with E-state index in [4.69, 9.17) is 4.74 Å². The zero-order valence-corrected chi connectivity index (χ0v) is 16.4. The molecule has 5 rings (SSSR count). The van der Waals surface area contributed by atoms with E-state index in [1.807, 2.05) is 24.3 Å². The molecular formula is C21H22F3N5O. The van der Waals surface area contributed by atoms with Crippen LogP contribution in [0.4, 0.5) is 18.9 Å². The summed E-state index contributed by atoms with van der Waals surface area (Å²) >= 11 is 0. The average Bonchev–Trinajstić information content (AvgIpc) is 3.35. The Labute approximate surface area is 171 Å². The van der Waals surface area contributed by atoms with Gasteiger partial charge in [-0.15, -0.1) is 23.4 Å². The molecule has 1 fully saturated rings. The number of anilines is 1. The van der Waals surface area contributed by atoms with Crippen molar-refractivity contribution in [3.63, 3.8) is 0 Å². The summed E-state index contributed by atoms with van der Waals surface area (Å²) in [4.78, 5) is 2.23. The van der Waals surface area contributed by atoms with Crippen LogP contribution in [0.25, 0.3) is 11.0 Å². The Kier molecular flexibility index (Phi) is 4.57. The number of para-hydroxylation sites is 1. The van der Waals surface area contributed by atoms with E-state index in [-0.39, 0.29) is 27.9 Å². The minimum atomic E-state index is -4.66. The van der Waals surface area contributed by atoms with E-state index in [2.05, 4.69) is 27.3 Å². The highest BCUT2D eigenvalue weighted by molar-refractivity contribution is 5.87. The number of halogens is 3. The molecule has 0 spiro atoms. The minimum absolute atomic E-state index is 0.0674. The molecule has 0 unspecified atom stereocenters. The first-order valence-electron chi connectivity index (χ1n) is 10.1. The highest BCUT2D eigenvalue weighted by atomic mass is 19.4. The summed E-state index contributed by atoms with van der Waals surface area (Å²) in [6.07, 6.45) is -3.53. The summed E-state index contributed by atoms with van der Waals surface area (Å²) in [6, 6.07) is 12.7. The Hall–Kier alpha value is -2.81. The largest absolute Gasteiger partial charge is 0.521 e. The number of aromatic nitrogens is 3. The summed E-state index contributed by atoms with van der Waals surface area (Å²) in [5.41, 5.74) is 1.92. The molecule has 158 valence electrons. The predicted octanol–water partition coefficient (Wildman–Crippen LogP) is 4.16. The molecule has 3 atom stereocenters. The number of ether oxygens (including phenoxy) is 1. The summed E-state index contributed by atoms with van der Waals surface area (Å²) in [5.74, 6) is 1.41. The molecule has 3 aromatic rings. The lowest BCUT2D eigenvalue weighted by atomic mass is 9.94. The van der Waals surface area contributed by atoms with Gasteiger partial charge in [-0.1, -0.05) is 36.0 Å². The summed E-state index contributed by atoms with van der Waals surface area (Å²) in [5, 5.41) is 10.8. The number of nitrogens with zero attached hydrogens (tertiary/aromatic N) is 4. The van der Waals surface area contributed by atoms with Crippen LogP contribution in [-0.4, -0.2) is 45.6 Å². The van der Waals surface area contributed by atoms with Crippen LogP contribution in [0.5, 0.6) is 5.75 Å². The number of hydrogen-bond acceptors (Lipinski definition) is 5. The predicted molar refractivity (Wildman–Crippen MR) is 106 cm³/mol. The van der Waals surface area contributed by atoms with Crippen molar-refractivity contribution in [3.8, 4) is 5.75 Å². The van der Waals surface area contributed by atoms with Crippen LogP contribution in [0.15, 0.2) is 42.5 Å². The highest BCUT2D eigenvalue weighted by Crippen LogP contribution is 2.39. The van der Waals surface area contributed by atoms with Gasteiger partial charge in [-0.2, -0.15) is 0 Å². The molecule has 0 bridgehead atoms. The van der Waals surface area contributed by atoms with Gasteiger partial charge >= 0.3 is 6.30 Å². The second-order valence-electron chi connectivity index (χ2n) is 8.06. The molecule has 2 aromatic carbocycles. The fourth-order valence-corrected chi connectivity index (χ4v) is 4.44. The number of hydrogen-bond donors (Lipinski definition) is 1. The van der Waals surface area contributed by atoms with Crippen molar-refractivity contribution in [1.29, 1.82) is 0 Å². The number of fused-ring (bicyclic) bond motifs is 2. The van der Waals surface area contributed by atoms with Crippen LogP contribution in [0.2, 0.25) is 0 Å². The third kappa shape index (κ3) is 3.36. The van der Waals surface area contributed by atoms with Gasteiger partial charge in [0.1, 0.15) is 23.4 Å². The van der Waals surface area contributed by atoms with Crippen LogP contribution in [-0.2, 0) is 6.30 Å². The van der Waals surface area contributed by atoms with Gasteiger partial charge in [0.25, 0.3) is 0 Å². The van der Waals surface area contributed by atoms with Crippen molar-refractivity contribution in [1.82, 2.24) is 19.9 Å². The van der Waals surface area contributed by atoms with Crippen molar-refractivity contribution >= 4 is 16.7 Å². The average molecular weight is 417 g/mol. The lowest BCUT2D eigenvalue weighted by molar-refractivity contribution is -0.220. The number of alkyl halides is 3. The van der Waals surface area contributed by atoms with Gasteiger partial charge in [0.05, 0.1) is 17.8 Å². The van der Waals surface area contributed by atoms with Crippen molar-refractivity contribution in [2.75, 3.05) is 25.0 Å². The van der Waals surface area contributed by atoms with E-state index < -0.39 is 6.30 Å². The maximum Gasteiger partial charge on any atom is 0.521 e. The van der Waals surface area contributed by atoms with E-state index in [9.17, 15) is 13.2 Å². The quantitative estimate of drug-likeness (QED) is 0.694. The van der Waals surface area contributed by atoms with Crippen molar-refractivity contribution in [3.05, 3.63) is 48.0 Å². The first kappa shape index (κ1) is 19.2. The second-order valence-corrected chi connectivity index (χ2v) is 8.06. The molecule has 30 heavy (non-hydrogen) atoms. The Bertz CT molecular complexity index is 1070. The van der Waals surface area contributed by atoms with Gasteiger partial charge in [-0.3, -0.25) is 4.90 Å². The zero-order chi connectivity index (χ0) is 20.9. The normalized spacial score (nSPS) is 24.6. The molecule has 0 aliphatic carbocycles. The smallest absolute Gasteiger partial charge is 0.491 e. The van der Waals surface area contributed by atoms with Gasteiger partial charge in [-0.25, -0.2) is 0 Å². The van der Waals surface area contributed by atoms with Crippen molar-refractivity contribution in [2.24, 2.45) is 5.92 Å². The van der Waals surface area contributed by atoms with Gasteiger partial charge in [-0.05, 0) is 37.1 Å². The molecule has 2 aliphatic heterocycles. The lowest BCUT2D eigenvalue weighted by Gasteiger charge is -2.39. The number of rotatable bonds is 3. The third-order valence-electron chi connectivity index (χ3n) is 5.92. The molecule has 2 aliphatic rings. The fraction of sp³-hybridized carbons (Fsp3) is 0.429. The maximum atomic E-state index is 13.1. The topological polar surface area (TPSA) is 55.2 Å². The van der Waals surface area contributed by atoms with E-state index >= 15 is 0 Å². The Morgan fingerprint density at radius 3 is 2.70 bits per heavy atom. The van der Waals surface area contributed by atoms with E-state index in [0.29, 0.717) is 18.2 Å². The molecule has 0 amide bonds. The summed E-state index contributed by atoms with van der Waals surface area (Å²) < 4.78 is 45.4. The number of likely N-dealkylation sites (tertiary alicyclic amines) is 1. The van der Waals surface area contributed by atoms with Gasteiger partial charge in [0, 0.05) is 12.1 Å². The molecule has 0 saturated carbocycles. The Morgan fingerprint density at radius 2 is 1.93 bits per heavy atom. The van der Waals surface area contributed by atoms with Gasteiger partial charge in [0.2, 0.25) is 0 Å². The molecule has 1 saturated heterocycles. The fourth-order valence-electron chi connectivity index (χ4n) is 4.44. The first-order chi connectivity index (χ1) is 14.4. The molecular weight excluding hydrogens is 395 g/mol. The van der Waals surface area contributed by atoms with Gasteiger partial charge < -0.3 is 10.1 Å². The van der Waals surface area contributed by atoms with E-state index in [1.54, 1.807) is 12.1 Å². The second kappa shape index (κ2) is 7.16. The van der Waals surface area contributed by atoms with Crippen LogP contribution in [0.1, 0.15) is 24.9 Å². The van der Waals surface area contributed by atoms with Crippen molar-refractivity contribution in [2.45, 2.75) is 31.7 Å². The SMILES string of the molecule is C[C@H]1CCN([C@H]2COc3ccccc3[C@@H]2Nc2cccc3nn(C(F)(F)F)nc23)C1. The molecule has 0 radical (unpaired) electrons. The van der Waals surface area contributed by atoms with Crippen LogP contribution < -0.4 is 10.1 Å². The number of benzene rings is 2. The minimum Gasteiger partial charge on any atom is -0.491 e. The van der Waals surface area contributed by atoms with Crippen LogP contribution in [0, 0.1) is 5.92 Å². The van der Waals surface area contributed by atoms with Crippen LogP contribution in [0.3, 0.4) is 0 Å². The molecule has 3 heterocycles. The Morgan fingerprint density at radius 1 is 1.10 bits per heavy atom. The van der Waals surface area contributed by atoms with E-state index in [0.717, 1.165) is 30.8 Å².